The van der Waals surface area contributed by atoms with Crippen LogP contribution < -0.4 is 21.7 Å². The molecule has 0 saturated carbocycles. The van der Waals surface area contributed by atoms with E-state index in [-0.39, 0.29) is 12.5 Å². The van der Waals surface area contributed by atoms with Gasteiger partial charge in [-0.25, -0.2) is 4.99 Å². The Hall–Kier alpha value is -1.26. The van der Waals surface area contributed by atoms with Crippen LogP contribution in [0.2, 0.25) is 0 Å². The Morgan fingerprint density at radius 2 is 2.22 bits per heavy atom. The first-order valence-corrected chi connectivity index (χ1v) is 5.59. The molecule has 0 aromatic rings. The Kier molecular flexibility index (Phi) is 3.25. The Morgan fingerprint density at radius 1 is 1.56 bits per heavy atom. The molecular formula is C9H17N5O4. The third-order valence-corrected chi connectivity index (χ3v) is 3.09. The molecule has 5 atom stereocenters. The van der Waals surface area contributed by atoms with Gasteiger partial charge in [0.25, 0.3) is 5.91 Å². The maximum absolute atomic E-state index is 11.7. The summed E-state index contributed by atoms with van der Waals surface area (Å²) in [5.74, 6) is -0.839. The maximum atomic E-state index is 11.7. The second-order valence-corrected chi connectivity index (χ2v) is 4.53. The molecule has 8 N–H and O–H groups in total. The SMILES string of the molecule is CC(O)C(O)C1CNC2N=C(N)NC(=O)C2(O)N1. The predicted molar refractivity (Wildman–Crippen MR) is 61.1 cm³/mol. The average Bonchev–Trinajstić information content (AvgIpc) is 2.29. The summed E-state index contributed by atoms with van der Waals surface area (Å²) in [6, 6.07) is -0.688. The van der Waals surface area contributed by atoms with Gasteiger partial charge in [-0.3, -0.25) is 20.7 Å². The highest BCUT2D eigenvalue weighted by Gasteiger charge is 2.52. The number of carbonyl (C=O) groups excluding carboxylic acids is 1. The van der Waals surface area contributed by atoms with Crippen LogP contribution in [0.1, 0.15) is 6.92 Å². The first kappa shape index (κ1) is 13.2. The lowest BCUT2D eigenvalue weighted by Gasteiger charge is -2.45. The molecule has 1 fully saturated rings. The fraction of sp³-hybridized carbons (Fsp3) is 0.778. The van der Waals surface area contributed by atoms with Crippen LogP contribution in [0.15, 0.2) is 4.99 Å². The number of nitrogens with two attached hydrogens (primary N) is 1. The van der Waals surface area contributed by atoms with Crippen LogP contribution in [-0.4, -0.2) is 63.9 Å². The number of guanidine groups is 1. The van der Waals surface area contributed by atoms with Crippen molar-refractivity contribution in [3.05, 3.63) is 0 Å². The minimum atomic E-state index is -2.00. The average molecular weight is 259 g/mol. The van der Waals surface area contributed by atoms with Crippen molar-refractivity contribution < 1.29 is 20.1 Å². The number of fused-ring (bicyclic) bond motifs is 1. The number of nitrogens with one attached hydrogen (secondary N) is 3. The highest BCUT2D eigenvalue weighted by Crippen LogP contribution is 2.19. The summed E-state index contributed by atoms with van der Waals surface area (Å²) in [5, 5.41) is 36.9. The van der Waals surface area contributed by atoms with Gasteiger partial charge in [-0.1, -0.05) is 0 Å². The normalized spacial score (nSPS) is 39.3. The number of hydrogen-bond acceptors (Lipinski definition) is 8. The van der Waals surface area contributed by atoms with Crippen molar-refractivity contribution in [3.8, 4) is 0 Å². The van der Waals surface area contributed by atoms with Crippen molar-refractivity contribution in [3.63, 3.8) is 0 Å². The predicted octanol–water partition coefficient (Wildman–Crippen LogP) is -4.25. The number of aliphatic hydroxyl groups excluding tert-OH is 2. The zero-order valence-corrected chi connectivity index (χ0v) is 9.79. The number of piperazine rings is 1. The quantitative estimate of drug-likeness (QED) is 0.265. The van der Waals surface area contributed by atoms with E-state index in [0.717, 1.165) is 0 Å². The van der Waals surface area contributed by atoms with Crippen LogP contribution in [0.3, 0.4) is 0 Å². The van der Waals surface area contributed by atoms with Gasteiger partial charge in [0.2, 0.25) is 5.72 Å². The molecule has 0 aliphatic carbocycles. The Balaban J connectivity index is 2.19. The van der Waals surface area contributed by atoms with Crippen LogP contribution in [0.5, 0.6) is 0 Å². The number of hydrogen-bond donors (Lipinski definition) is 7. The summed E-state index contributed by atoms with van der Waals surface area (Å²) in [6.07, 6.45) is -3.05. The minimum absolute atomic E-state index is 0.0847. The van der Waals surface area contributed by atoms with E-state index in [9.17, 15) is 20.1 Å². The van der Waals surface area contributed by atoms with Crippen LogP contribution >= 0.6 is 0 Å². The molecule has 9 heteroatoms. The van der Waals surface area contributed by atoms with Crippen molar-refractivity contribution in [2.75, 3.05) is 6.54 Å². The fourth-order valence-corrected chi connectivity index (χ4v) is 2.05. The summed E-state index contributed by atoms with van der Waals surface area (Å²) in [7, 11) is 0. The molecule has 1 amide bonds. The van der Waals surface area contributed by atoms with Crippen molar-refractivity contribution in [2.24, 2.45) is 10.7 Å². The second kappa shape index (κ2) is 4.44. The summed E-state index contributed by atoms with van der Waals surface area (Å²) in [4.78, 5) is 15.6. The van der Waals surface area contributed by atoms with Gasteiger partial charge in [0.05, 0.1) is 18.2 Å². The van der Waals surface area contributed by atoms with Crippen molar-refractivity contribution >= 4 is 11.9 Å². The highest BCUT2D eigenvalue weighted by atomic mass is 16.3. The van der Waals surface area contributed by atoms with Gasteiger partial charge in [0.1, 0.15) is 0 Å². The number of nitrogens with zero attached hydrogens (tertiary/aromatic N) is 1. The van der Waals surface area contributed by atoms with Gasteiger partial charge < -0.3 is 21.1 Å². The second-order valence-electron chi connectivity index (χ2n) is 4.53. The Morgan fingerprint density at radius 3 is 2.83 bits per heavy atom. The molecule has 2 aliphatic rings. The summed E-state index contributed by atoms with van der Waals surface area (Å²) in [5.41, 5.74) is 3.39. The molecule has 1 saturated heterocycles. The molecule has 0 spiro atoms. The lowest BCUT2D eigenvalue weighted by Crippen LogP contribution is -2.79. The van der Waals surface area contributed by atoms with Gasteiger partial charge in [0, 0.05) is 6.54 Å². The lowest BCUT2D eigenvalue weighted by atomic mass is 9.97. The number of amides is 1. The molecule has 5 unspecified atom stereocenters. The van der Waals surface area contributed by atoms with E-state index < -0.39 is 36.0 Å². The molecule has 0 bridgehead atoms. The van der Waals surface area contributed by atoms with Crippen LogP contribution in [0.25, 0.3) is 0 Å². The Labute approximate surface area is 103 Å². The number of rotatable bonds is 2. The van der Waals surface area contributed by atoms with Crippen molar-refractivity contribution in [2.45, 2.75) is 37.1 Å². The molecule has 0 aromatic carbocycles. The topological polar surface area (TPSA) is 152 Å². The molecule has 0 radical (unpaired) electrons. The zero-order valence-electron chi connectivity index (χ0n) is 9.79. The molecule has 2 rings (SSSR count). The first-order chi connectivity index (χ1) is 8.34. The summed E-state index contributed by atoms with van der Waals surface area (Å²) >= 11 is 0. The molecule has 102 valence electrons. The van der Waals surface area contributed by atoms with Crippen molar-refractivity contribution in [1.29, 1.82) is 0 Å². The van der Waals surface area contributed by atoms with E-state index in [4.69, 9.17) is 5.73 Å². The van der Waals surface area contributed by atoms with E-state index in [2.05, 4.69) is 20.9 Å². The van der Waals surface area contributed by atoms with Gasteiger partial charge in [-0.15, -0.1) is 0 Å². The third kappa shape index (κ3) is 2.06. The highest BCUT2D eigenvalue weighted by molar-refractivity contribution is 6.02. The van der Waals surface area contributed by atoms with Crippen LogP contribution in [0.4, 0.5) is 0 Å². The molecule has 18 heavy (non-hydrogen) atoms. The van der Waals surface area contributed by atoms with Gasteiger partial charge in [-0.2, -0.15) is 0 Å². The van der Waals surface area contributed by atoms with E-state index in [0.29, 0.717) is 0 Å². The van der Waals surface area contributed by atoms with Gasteiger partial charge in [-0.05, 0) is 6.92 Å². The number of aliphatic imine (C=N–C) groups is 1. The Bertz CT molecular complexity index is 387. The van der Waals surface area contributed by atoms with Gasteiger partial charge in [0.15, 0.2) is 12.1 Å². The van der Waals surface area contributed by atoms with Gasteiger partial charge >= 0.3 is 0 Å². The molecule has 0 aromatic heterocycles. The third-order valence-electron chi connectivity index (χ3n) is 3.09. The molecule has 9 nitrogen and oxygen atoms in total. The van der Waals surface area contributed by atoms with E-state index >= 15 is 0 Å². The molecule has 2 aliphatic heterocycles. The van der Waals surface area contributed by atoms with Crippen molar-refractivity contribution in [1.82, 2.24) is 16.0 Å². The van der Waals surface area contributed by atoms with Crippen LogP contribution in [-0.2, 0) is 4.79 Å². The largest absolute Gasteiger partial charge is 0.391 e. The number of aliphatic hydroxyl groups is 3. The van der Waals surface area contributed by atoms with E-state index in [1.54, 1.807) is 0 Å². The minimum Gasteiger partial charge on any atom is -0.391 e. The first-order valence-electron chi connectivity index (χ1n) is 5.59. The maximum Gasteiger partial charge on any atom is 0.277 e. The smallest absolute Gasteiger partial charge is 0.277 e. The summed E-state index contributed by atoms with van der Waals surface area (Å²) < 4.78 is 0. The standard InChI is InChI=1S/C9H17N5O4/c1-3(15)5(16)4-2-11-6-9(18,14-4)7(17)13-8(10)12-6/h3-6,11,14-16,18H,2H2,1H3,(H3,10,12,13,17). The van der Waals surface area contributed by atoms with E-state index in [1.165, 1.54) is 6.92 Å². The fourth-order valence-electron chi connectivity index (χ4n) is 2.05. The lowest BCUT2D eigenvalue weighted by molar-refractivity contribution is -0.155. The molecule has 2 heterocycles. The number of carbonyl (C=O) groups is 1. The monoisotopic (exact) mass is 259 g/mol. The zero-order chi connectivity index (χ0) is 13.5. The van der Waals surface area contributed by atoms with Crippen LogP contribution in [0, 0.1) is 0 Å². The summed E-state index contributed by atoms with van der Waals surface area (Å²) in [6.45, 7) is 1.64. The molecular weight excluding hydrogens is 242 g/mol. The van der Waals surface area contributed by atoms with E-state index in [1.807, 2.05) is 0 Å².